The molecule has 1 aliphatic rings. The van der Waals surface area contributed by atoms with E-state index in [9.17, 15) is 9.59 Å². The third-order valence-electron chi connectivity index (χ3n) is 3.49. The second-order valence-corrected chi connectivity index (χ2v) is 4.71. The highest BCUT2D eigenvalue weighted by atomic mass is 16.4. The highest BCUT2D eigenvalue weighted by Gasteiger charge is 2.19. The summed E-state index contributed by atoms with van der Waals surface area (Å²) in [6.45, 7) is 2.89. The molecule has 0 bridgehead atoms. The van der Waals surface area contributed by atoms with Crippen LogP contribution in [0.25, 0.3) is 0 Å². The van der Waals surface area contributed by atoms with E-state index in [0.29, 0.717) is 12.5 Å². The average molecular weight is 239 g/mol. The first kappa shape index (κ1) is 13.7. The quantitative estimate of drug-likeness (QED) is 0.721. The van der Waals surface area contributed by atoms with Gasteiger partial charge in [-0.15, -0.1) is 0 Å². The van der Waals surface area contributed by atoms with Crippen molar-refractivity contribution < 1.29 is 14.7 Å². The lowest BCUT2D eigenvalue weighted by molar-refractivity contribution is -0.131. The molecule has 1 fully saturated rings. The Balaban J connectivity index is 2.19. The predicted molar refractivity (Wildman–Crippen MR) is 65.5 cm³/mol. The molecule has 0 aromatic carbocycles. The maximum atomic E-state index is 11.2. The van der Waals surface area contributed by atoms with Gasteiger partial charge in [0.15, 0.2) is 0 Å². The molecule has 0 aromatic rings. The highest BCUT2D eigenvalue weighted by Crippen LogP contribution is 2.29. The number of carboxylic acids is 1. The summed E-state index contributed by atoms with van der Waals surface area (Å²) in [6.07, 6.45) is 8.02. The molecule has 0 atom stereocenters. The minimum atomic E-state index is -1.09. The fraction of sp³-hybridized carbons (Fsp3) is 0.692. The summed E-state index contributed by atoms with van der Waals surface area (Å²) >= 11 is 0. The van der Waals surface area contributed by atoms with Gasteiger partial charge in [-0.05, 0) is 24.7 Å². The number of nitrogens with one attached hydrogen (secondary N) is 1. The summed E-state index contributed by atoms with van der Waals surface area (Å²) < 4.78 is 0. The van der Waals surface area contributed by atoms with E-state index in [1.54, 1.807) is 0 Å². The number of carboxylic acid groups (broad SMARTS) is 1. The van der Waals surface area contributed by atoms with Gasteiger partial charge in [-0.25, -0.2) is 4.79 Å². The maximum Gasteiger partial charge on any atom is 0.328 e. The third kappa shape index (κ3) is 5.52. The van der Waals surface area contributed by atoms with Gasteiger partial charge < -0.3 is 10.4 Å². The highest BCUT2D eigenvalue weighted by molar-refractivity contribution is 5.93. The Morgan fingerprint density at radius 3 is 2.29 bits per heavy atom. The van der Waals surface area contributed by atoms with E-state index in [1.807, 2.05) is 0 Å². The van der Waals surface area contributed by atoms with Crippen molar-refractivity contribution in [3.8, 4) is 0 Å². The first-order chi connectivity index (χ1) is 8.11. The molecule has 17 heavy (non-hydrogen) atoms. The molecule has 0 radical (unpaired) electrons. The van der Waals surface area contributed by atoms with E-state index < -0.39 is 5.97 Å². The molecular formula is C13H21NO3. The fourth-order valence-electron chi connectivity index (χ4n) is 2.29. The van der Waals surface area contributed by atoms with Crippen LogP contribution in [0.1, 0.15) is 39.0 Å². The van der Waals surface area contributed by atoms with Crippen LogP contribution in [-0.4, -0.2) is 23.5 Å². The Labute approximate surface area is 102 Å². The first-order valence-corrected chi connectivity index (χ1v) is 6.30. The Morgan fingerprint density at radius 1 is 1.18 bits per heavy atom. The third-order valence-corrected chi connectivity index (χ3v) is 3.49. The van der Waals surface area contributed by atoms with Crippen molar-refractivity contribution in [3.63, 3.8) is 0 Å². The van der Waals surface area contributed by atoms with Crippen LogP contribution in [-0.2, 0) is 9.59 Å². The van der Waals surface area contributed by atoms with E-state index in [2.05, 4.69) is 12.2 Å². The summed E-state index contributed by atoms with van der Waals surface area (Å²) in [5.41, 5.74) is 0. The topological polar surface area (TPSA) is 66.4 Å². The number of hydrogen-bond donors (Lipinski definition) is 2. The minimum absolute atomic E-state index is 0.315. The first-order valence-electron chi connectivity index (χ1n) is 6.30. The van der Waals surface area contributed by atoms with Gasteiger partial charge in [0.2, 0.25) is 5.91 Å². The molecule has 4 nitrogen and oxygen atoms in total. The van der Waals surface area contributed by atoms with Crippen molar-refractivity contribution >= 4 is 11.9 Å². The summed E-state index contributed by atoms with van der Waals surface area (Å²) in [5, 5.41) is 11.1. The average Bonchev–Trinajstić information content (AvgIpc) is 2.34. The van der Waals surface area contributed by atoms with Crippen LogP contribution in [0.4, 0.5) is 0 Å². The van der Waals surface area contributed by atoms with Crippen LogP contribution in [0, 0.1) is 11.8 Å². The SMILES string of the molecule is CCC1CCC(CNC(=O)/C=C/C(=O)O)CC1. The van der Waals surface area contributed by atoms with Crippen LogP contribution in [0.2, 0.25) is 0 Å². The zero-order valence-corrected chi connectivity index (χ0v) is 10.3. The number of carbonyl (C=O) groups excluding carboxylic acids is 1. The zero-order valence-electron chi connectivity index (χ0n) is 10.3. The van der Waals surface area contributed by atoms with Gasteiger partial charge in [0.1, 0.15) is 0 Å². The van der Waals surface area contributed by atoms with E-state index in [1.165, 1.54) is 32.1 Å². The molecule has 0 saturated heterocycles. The summed E-state index contributed by atoms with van der Waals surface area (Å²) in [4.78, 5) is 21.5. The lowest BCUT2D eigenvalue weighted by atomic mass is 9.81. The standard InChI is InChI=1S/C13H21NO3/c1-2-10-3-5-11(6-4-10)9-14-12(15)7-8-13(16)17/h7-8,10-11H,2-6,9H2,1H3,(H,14,15)(H,16,17)/b8-7+. The van der Waals surface area contributed by atoms with Gasteiger partial charge in [0.05, 0.1) is 0 Å². The second kappa shape index (κ2) is 7.09. The smallest absolute Gasteiger partial charge is 0.328 e. The number of aliphatic carboxylic acids is 1. The van der Waals surface area contributed by atoms with Crippen LogP contribution in [0.3, 0.4) is 0 Å². The van der Waals surface area contributed by atoms with Gasteiger partial charge in [-0.3, -0.25) is 4.79 Å². The van der Waals surface area contributed by atoms with Crippen molar-refractivity contribution in [2.24, 2.45) is 11.8 Å². The fourth-order valence-corrected chi connectivity index (χ4v) is 2.29. The van der Waals surface area contributed by atoms with E-state index in [0.717, 1.165) is 18.1 Å². The van der Waals surface area contributed by atoms with Crippen LogP contribution >= 0.6 is 0 Å². The summed E-state index contributed by atoms with van der Waals surface area (Å²) in [7, 11) is 0. The predicted octanol–water partition coefficient (Wildman–Crippen LogP) is 1.96. The molecule has 0 aliphatic heterocycles. The molecule has 1 saturated carbocycles. The van der Waals surface area contributed by atoms with Crippen LogP contribution in [0.5, 0.6) is 0 Å². The lowest BCUT2D eigenvalue weighted by Gasteiger charge is -2.27. The number of amides is 1. The molecule has 1 amide bonds. The molecule has 0 heterocycles. The molecule has 0 aromatic heterocycles. The number of carbonyl (C=O) groups is 2. The Hall–Kier alpha value is -1.32. The molecule has 1 aliphatic carbocycles. The van der Waals surface area contributed by atoms with Crippen molar-refractivity contribution in [1.82, 2.24) is 5.32 Å². The van der Waals surface area contributed by atoms with Gasteiger partial charge in [-0.2, -0.15) is 0 Å². The molecule has 2 N–H and O–H groups in total. The normalized spacial score (nSPS) is 24.8. The van der Waals surface area contributed by atoms with Crippen LogP contribution in [0.15, 0.2) is 12.2 Å². The lowest BCUT2D eigenvalue weighted by Crippen LogP contribution is -2.30. The minimum Gasteiger partial charge on any atom is -0.478 e. The number of rotatable bonds is 5. The molecule has 0 unspecified atom stereocenters. The van der Waals surface area contributed by atoms with Gasteiger partial charge in [0.25, 0.3) is 0 Å². The largest absolute Gasteiger partial charge is 0.478 e. The molecule has 0 spiro atoms. The Kier molecular flexibility index (Phi) is 5.73. The van der Waals surface area contributed by atoms with E-state index in [-0.39, 0.29) is 5.91 Å². The van der Waals surface area contributed by atoms with Crippen molar-refractivity contribution in [3.05, 3.63) is 12.2 Å². The summed E-state index contributed by atoms with van der Waals surface area (Å²) in [5.74, 6) is 0.00227. The second-order valence-electron chi connectivity index (χ2n) is 4.71. The molecule has 96 valence electrons. The zero-order chi connectivity index (χ0) is 12.7. The Bertz CT molecular complexity index is 291. The van der Waals surface area contributed by atoms with Crippen LogP contribution < -0.4 is 5.32 Å². The van der Waals surface area contributed by atoms with E-state index in [4.69, 9.17) is 5.11 Å². The van der Waals surface area contributed by atoms with Gasteiger partial charge >= 0.3 is 5.97 Å². The monoisotopic (exact) mass is 239 g/mol. The van der Waals surface area contributed by atoms with Crippen molar-refractivity contribution in [2.75, 3.05) is 6.54 Å². The Morgan fingerprint density at radius 2 is 1.76 bits per heavy atom. The van der Waals surface area contributed by atoms with Gasteiger partial charge in [-0.1, -0.05) is 26.2 Å². The molecular weight excluding hydrogens is 218 g/mol. The van der Waals surface area contributed by atoms with Crippen molar-refractivity contribution in [1.29, 1.82) is 0 Å². The van der Waals surface area contributed by atoms with Gasteiger partial charge in [0, 0.05) is 18.7 Å². The number of hydrogen-bond acceptors (Lipinski definition) is 2. The molecule has 1 rings (SSSR count). The maximum absolute atomic E-state index is 11.2. The summed E-state index contributed by atoms with van der Waals surface area (Å²) in [6, 6.07) is 0. The van der Waals surface area contributed by atoms with E-state index >= 15 is 0 Å². The molecule has 4 heteroatoms. The van der Waals surface area contributed by atoms with Crippen molar-refractivity contribution in [2.45, 2.75) is 39.0 Å².